The second-order valence-electron chi connectivity index (χ2n) is 9.23. The Hall–Kier alpha value is -4.59. The molecule has 3 amide bonds. The quantitative estimate of drug-likeness (QED) is 0.334. The number of nitrogens with one attached hydrogen (secondary N) is 3. The normalized spacial score (nSPS) is 16.3. The molecule has 3 aromatic rings. The highest BCUT2D eigenvalue weighted by atomic mass is 16.5. The van der Waals surface area contributed by atoms with E-state index in [1.54, 1.807) is 23.1 Å². The average Bonchev–Trinajstić information content (AvgIpc) is 3.73. The molecule has 0 spiro atoms. The molecule has 1 aromatic carbocycles. The van der Waals surface area contributed by atoms with E-state index in [1.807, 2.05) is 5.32 Å². The van der Waals surface area contributed by atoms with Crippen LogP contribution in [0.4, 0.5) is 17.2 Å². The fourth-order valence-electron chi connectivity index (χ4n) is 4.18. The van der Waals surface area contributed by atoms with Crippen LogP contribution in [0.2, 0.25) is 0 Å². The highest BCUT2D eigenvalue weighted by Gasteiger charge is 2.30. The first kappa shape index (κ1) is 23.3. The van der Waals surface area contributed by atoms with E-state index in [0.29, 0.717) is 37.6 Å². The van der Waals surface area contributed by atoms with E-state index < -0.39 is 12.9 Å². The fourth-order valence-corrected chi connectivity index (χ4v) is 4.18. The minimum atomic E-state index is -2.77. The smallest absolute Gasteiger partial charge is 0.273 e. The summed E-state index contributed by atoms with van der Waals surface area (Å²) in [5.74, 6) is -0.514. The molecule has 2 fully saturated rings. The third-order valence-corrected chi connectivity index (χ3v) is 6.44. The van der Waals surface area contributed by atoms with Crippen LogP contribution in [0.15, 0.2) is 28.8 Å². The van der Waals surface area contributed by atoms with Gasteiger partial charge in [0, 0.05) is 49.0 Å². The minimum absolute atomic E-state index is 0.0242. The number of rotatable bonds is 10. The first-order valence-electron chi connectivity index (χ1n) is 14.2. The largest absolute Gasteiger partial charge is 0.494 e. The maximum absolute atomic E-state index is 12.8. The van der Waals surface area contributed by atoms with Gasteiger partial charge in [0.05, 0.1) is 37.3 Å². The van der Waals surface area contributed by atoms with Gasteiger partial charge in [-0.1, -0.05) is 11.2 Å². The van der Waals surface area contributed by atoms with Gasteiger partial charge >= 0.3 is 0 Å². The van der Waals surface area contributed by atoms with Crippen molar-refractivity contribution in [2.24, 2.45) is 5.92 Å². The number of ether oxygens (including phenoxy) is 2. The number of methoxy groups -OCH3 is 1. The predicted molar refractivity (Wildman–Crippen MR) is 142 cm³/mol. The lowest BCUT2D eigenvalue weighted by Gasteiger charge is -2.26. The molecular weight excluding hydrogens is 520 g/mol. The van der Waals surface area contributed by atoms with Crippen LogP contribution >= 0.6 is 0 Å². The standard InChI is InChI=1S/C26H30N8O6/c1-27-26(37)22-18(14-19(31-32-22)29-25(36)15-6-7-15)28-17-5-3-4-16(23(17)38-2)24-30-20(40-33-24)8-9-21(35)34-10-12-39-13-11-34/h3-5,14-15H,6-13H2,1-2H3,(H,27,37)(H2,28,29,31,36)/i1D3. The van der Waals surface area contributed by atoms with Gasteiger partial charge in [0.1, 0.15) is 0 Å². The van der Waals surface area contributed by atoms with Crippen LogP contribution in [-0.2, 0) is 20.7 Å². The molecular formula is C26H30N8O6. The molecule has 210 valence electrons. The van der Waals surface area contributed by atoms with E-state index in [4.69, 9.17) is 18.1 Å². The molecule has 3 N–H and O–H groups in total. The van der Waals surface area contributed by atoms with E-state index in [-0.39, 0.29) is 65.2 Å². The molecule has 0 atom stereocenters. The van der Waals surface area contributed by atoms with Crippen LogP contribution in [0.25, 0.3) is 11.4 Å². The molecule has 0 unspecified atom stereocenters. The lowest BCUT2D eigenvalue weighted by atomic mass is 10.1. The van der Waals surface area contributed by atoms with Crippen LogP contribution in [0, 0.1) is 5.92 Å². The summed E-state index contributed by atoms with van der Waals surface area (Å²) in [6.07, 6.45) is 2.00. The van der Waals surface area contributed by atoms with Gasteiger partial charge in [0.25, 0.3) is 5.91 Å². The van der Waals surface area contributed by atoms with Crippen LogP contribution in [0.1, 0.15) is 39.8 Å². The Bertz CT molecular complexity index is 1500. The minimum Gasteiger partial charge on any atom is -0.494 e. The van der Waals surface area contributed by atoms with Crippen molar-refractivity contribution < 1.29 is 32.5 Å². The Balaban J connectivity index is 1.38. The molecule has 1 saturated heterocycles. The lowest BCUT2D eigenvalue weighted by Crippen LogP contribution is -2.40. The lowest BCUT2D eigenvalue weighted by molar-refractivity contribution is -0.135. The topological polar surface area (TPSA) is 174 Å². The van der Waals surface area contributed by atoms with Crippen molar-refractivity contribution >= 4 is 34.9 Å². The number of morpholine rings is 1. The Kier molecular flexibility index (Phi) is 7.03. The number of carbonyl (C=O) groups is 3. The molecule has 3 heterocycles. The zero-order valence-electron chi connectivity index (χ0n) is 24.7. The summed E-state index contributed by atoms with van der Waals surface area (Å²) in [5, 5.41) is 19.4. The van der Waals surface area contributed by atoms with Gasteiger partial charge in [-0.05, 0) is 25.0 Å². The number of aryl methyl sites for hydroxylation is 1. The Morgan fingerprint density at radius 3 is 2.75 bits per heavy atom. The third-order valence-electron chi connectivity index (χ3n) is 6.44. The van der Waals surface area contributed by atoms with Gasteiger partial charge in [-0.3, -0.25) is 14.4 Å². The summed E-state index contributed by atoms with van der Waals surface area (Å²) in [6.45, 7) is -0.649. The predicted octanol–water partition coefficient (Wildman–Crippen LogP) is 1.78. The molecule has 14 heteroatoms. The zero-order valence-corrected chi connectivity index (χ0v) is 21.7. The molecule has 0 radical (unpaired) electrons. The van der Waals surface area contributed by atoms with Gasteiger partial charge in [0.15, 0.2) is 17.3 Å². The summed E-state index contributed by atoms with van der Waals surface area (Å²) >= 11 is 0. The first-order chi connectivity index (χ1) is 20.6. The first-order valence-corrected chi connectivity index (χ1v) is 12.7. The van der Waals surface area contributed by atoms with Crippen LogP contribution < -0.4 is 20.7 Å². The number of benzene rings is 1. The number of amides is 3. The van der Waals surface area contributed by atoms with E-state index in [9.17, 15) is 14.4 Å². The summed E-state index contributed by atoms with van der Waals surface area (Å²) in [6, 6.07) is 6.42. The summed E-state index contributed by atoms with van der Waals surface area (Å²) in [7, 11) is 1.43. The monoisotopic (exact) mass is 553 g/mol. The van der Waals surface area contributed by atoms with Crippen molar-refractivity contribution in [3.05, 3.63) is 35.9 Å². The second-order valence-corrected chi connectivity index (χ2v) is 9.23. The number of hydrogen-bond acceptors (Lipinski definition) is 11. The third kappa shape index (κ3) is 6.17. The highest BCUT2D eigenvalue weighted by Crippen LogP contribution is 2.37. The van der Waals surface area contributed by atoms with Gasteiger partial charge in [-0.25, -0.2) is 0 Å². The van der Waals surface area contributed by atoms with E-state index in [0.717, 1.165) is 12.8 Å². The van der Waals surface area contributed by atoms with Crippen LogP contribution in [0.3, 0.4) is 0 Å². The average molecular weight is 554 g/mol. The van der Waals surface area contributed by atoms with Gasteiger partial charge < -0.3 is 34.8 Å². The van der Waals surface area contributed by atoms with Crippen molar-refractivity contribution in [3.63, 3.8) is 0 Å². The Labute approximate surface area is 234 Å². The SMILES string of the molecule is [2H]C([2H])([2H])NC(=O)c1nnc(NC(=O)C2CC2)cc1Nc1cccc(-c2noc(CCC(=O)N3CCOCC3)n2)c1OC. The molecule has 1 saturated carbocycles. The van der Waals surface area contributed by atoms with Gasteiger partial charge in [-0.2, -0.15) is 4.98 Å². The fraction of sp³-hybridized carbons (Fsp3) is 0.423. The molecule has 14 nitrogen and oxygen atoms in total. The van der Waals surface area contributed by atoms with Crippen molar-refractivity contribution in [1.29, 1.82) is 0 Å². The van der Waals surface area contributed by atoms with Gasteiger partial charge in [-0.15, -0.1) is 10.2 Å². The maximum atomic E-state index is 12.8. The second kappa shape index (κ2) is 12.1. The molecule has 5 rings (SSSR count). The van der Waals surface area contributed by atoms with E-state index in [2.05, 4.69) is 31.0 Å². The van der Waals surface area contributed by atoms with Crippen molar-refractivity contribution in [2.45, 2.75) is 25.7 Å². The van der Waals surface area contributed by atoms with Crippen molar-refractivity contribution in [3.8, 4) is 17.1 Å². The van der Waals surface area contributed by atoms with Crippen LogP contribution in [0.5, 0.6) is 5.75 Å². The number of aromatic nitrogens is 4. The van der Waals surface area contributed by atoms with E-state index in [1.165, 1.54) is 13.2 Å². The molecule has 2 aromatic heterocycles. The summed E-state index contributed by atoms with van der Waals surface area (Å²) in [5.41, 5.74) is 0.539. The maximum Gasteiger partial charge on any atom is 0.273 e. The van der Waals surface area contributed by atoms with Crippen LogP contribution in [-0.4, -0.2) is 83.3 Å². The van der Waals surface area contributed by atoms with Gasteiger partial charge in [0.2, 0.25) is 23.5 Å². The molecule has 2 aliphatic rings. The number of para-hydroxylation sites is 1. The highest BCUT2D eigenvalue weighted by molar-refractivity contribution is 6.00. The number of carbonyl (C=O) groups excluding carboxylic acids is 3. The number of hydrogen-bond donors (Lipinski definition) is 3. The molecule has 40 heavy (non-hydrogen) atoms. The van der Waals surface area contributed by atoms with Crippen molar-refractivity contribution in [1.82, 2.24) is 30.6 Å². The number of anilines is 3. The Morgan fingerprint density at radius 1 is 1.18 bits per heavy atom. The molecule has 1 aliphatic heterocycles. The Morgan fingerprint density at radius 2 is 2.00 bits per heavy atom. The van der Waals surface area contributed by atoms with E-state index >= 15 is 0 Å². The molecule has 1 aliphatic carbocycles. The molecule has 0 bridgehead atoms. The summed E-state index contributed by atoms with van der Waals surface area (Å²) < 4.78 is 38.5. The van der Waals surface area contributed by atoms with Crippen molar-refractivity contribution in [2.75, 3.05) is 51.0 Å². The zero-order chi connectivity index (χ0) is 30.6. The number of nitrogens with zero attached hydrogens (tertiary/aromatic N) is 5. The summed E-state index contributed by atoms with van der Waals surface area (Å²) in [4.78, 5) is 43.7.